The number of fused-ring (bicyclic) bond motifs is 1. The Kier molecular flexibility index (Phi) is 6.05. The summed E-state index contributed by atoms with van der Waals surface area (Å²) < 4.78 is 4.79. The molecule has 0 saturated carbocycles. The van der Waals surface area contributed by atoms with Crippen molar-refractivity contribution in [1.29, 1.82) is 0 Å². The highest BCUT2D eigenvalue weighted by Crippen LogP contribution is 2.26. The van der Waals surface area contributed by atoms with E-state index in [9.17, 15) is 9.59 Å². The molecule has 0 bridgehead atoms. The van der Waals surface area contributed by atoms with Gasteiger partial charge in [-0.25, -0.2) is 4.79 Å². The second-order valence-corrected chi connectivity index (χ2v) is 8.18. The minimum atomic E-state index is -0.508. The van der Waals surface area contributed by atoms with Crippen molar-refractivity contribution in [3.63, 3.8) is 0 Å². The zero-order valence-electron chi connectivity index (χ0n) is 19.1. The number of aryl methyl sites for hydroxylation is 1. The van der Waals surface area contributed by atoms with E-state index >= 15 is 0 Å². The van der Waals surface area contributed by atoms with Gasteiger partial charge in [0.1, 0.15) is 0 Å². The number of hydrogen-bond donors (Lipinski definition) is 1. The summed E-state index contributed by atoms with van der Waals surface area (Å²) in [7, 11) is 0. The summed E-state index contributed by atoms with van der Waals surface area (Å²) in [4.78, 5) is 25.5. The van der Waals surface area contributed by atoms with Crippen LogP contribution in [0.5, 0.6) is 0 Å². The van der Waals surface area contributed by atoms with Gasteiger partial charge in [0.25, 0.3) is 5.91 Å². The molecule has 5 rings (SSSR count). The van der Waals surface area contributed by atoms with E-state index in [0.29, 0.717) is 27.7 Å². The highest BCUT2D eigenvalue weighted by molar-refractivity contribution is 6.29. The fourth-order valence-electron chi connectivity index (χ4n) is 3.97. The van der Waals surface area contributed by atoms with Gasteiger partial charge in [0.2, 0.25) is 0 Å². The van der Waals surface area contributed by atoms with E-state index < -0.39 is 5.63 Å². The quantitative estimate of drug-likeness (QED) is 0.246. The molecule has 0 aliphatic rings. The molecule has 5 aromatic rings. The van der Waals surface area contributed by atoms with E-state index in [-0.39, 0.29) is 5.91 Å². The largest absolute Gasteiger partial charge is 0.366 e. The van der Waals surface area contributed by atoms with Gasteiger partial charge in [-0.1, -0.05) is 90.1 Å². The molecule has 0 unspecified atom stereocenters. The molecule has 170 valence electrons. The number of amides is 1. The maximum atomic E-state index is 13.5. The topological polar surface area (TPSA) is 72.2 Å². The van der Waals surface area contributed by atoms with Crippen molar-refractivity contribution in [1.82, 2.24) is 5.16 Å². The molecule has 0 aliphatic carbocycles. The van der Waals surface area contributed by atoms with E-state index in [0.717, 1.165) is 22.3 Å². The first-order valence-electron chi connectivity index (χ1n) is 11.2. The van der Waals surface area contributed by atoms with Crippen LogP contribution in [0.2, 0.25) is 0 Å². The molecule has 1 heterocycles. The number of carbonyl (C=O) groups is 1. The van der Waals surface area contributed by atoms with E-state index in [1.807, 2.05) is 78.9 Å². The summed E-state index contributed by atoms with van der Waals surface area (Å²) in [6.07, 6.45) is 1.87. The average Bonchev–Trinajstić information content (AvgIpc) is 2.91. The first-order valence-corrected chi connectivity index (χ1v) is 11.2. The molecule has 5 nitrogen and oxygen atoms in total. The Morgan fingerprint density at radius 3 is 2.17 bits per heavy atom. The van der Waals surface area contributed by atoms with E-state index in [2.05, 4.69) is 22.6 Å². The monoisotopic (exact) mass is 458 g/mol. The van der Waals surface area contributed by atoms with E-state index in [1.165, 1.54) is 0 Å². The van der Waals surface area contributed by atoms with Gasteiger partial charge in [0.05, 0.1) is 11.1 Å². The van der Waals surface area contributed by atoms with Gasteiger partial charge in [0, 0.05) is 16.6 Å². The lowest BCUT2D eigenvalue weighted by molar-refractivity contribution is -0.111. The molecule has 4 aromatic carbocycles. The normalized spacial score (nSPS) is 11.4. The maximum Gasteiger partial charge on any atom is 0.366 e. The van der Waals surface area contributed by atoms with Gasteiger partial charge >= 0.3 is 5.63 Å². The van der Waals surface area contributed by atoms with Gasteiger partial charge in [-0.15, -0.1) is 0 Å². The summed E-state index contributed by atoms with van der Waals surface area (Å²) in [5.74, 6) is -0.255. The summed E-state index contributed by atoms with van der Waals surface area (Å²) in [5, 5.41) is 7.83. The number of aromatic nitrogens is 1. The third kappa shape index (κ3) is 4.80. The SMILES string of the molecule is Cc1noc(=O)c2ccc(NC(=O)/C(=C\c3ccccc3)c3ccc(-c4ccccc4)cc3)cc12. The van der Waals surface area contributed by atoms with Crippen LogP contribution in [0.25, 0.3) is 33.5 Å². The standard InChI is InChI=1S/C30H22N2O3/c1-20-27-19-25(16-17-26(27)30(34)35-32-20)31-29(33)28(18-21-8-4-2-5-9-21)24-14-12-23(13-15-24)22-10-6-3-7-11-22/h2-19H,1H3,(H,31,33)/b28-18-. The molecule has 0 saturated heterocycles. The number of nitrogens with zero attached hydrogens (tertiary/aromatic N) is 1. The van der Waals surface area contributed by atoms with Gasteiger partial charge in [0.15, 0.2) is 0 Å². The predicted molar refractivity (Wildman–Crippen MR) is 140 cm³/mol. The Morgan fingerprint density at radius 1 is 0.800 bits per heavy atom. The Hall–Kier alpha value is -4.77. The number of carbonyl (C=O) groups excluding carboxylic acids is 1. The molecule has 1 aromatic heterocycles. The number of anilines is 1. The number of benzene rings is 4. The zero-order chi connectivity index (χ0) is 24.2. The van der Waals surface area contributed by atoms with Crippen LogP contribution in [0, 0.1) is 6.92 Å². The zero-order valence-corrected chi connectivity index (χ0v) is 19.1. The number of nitrogens with one attached hydrogen (secondary N) is 1. The van der Waals surface area contributed by atoms with E-state index in [4.69, 9.17) is 4.52 Å². The molecule has 1 N–H and O–H groups in total. The average molecular weight is 459 g/mol. The van der Waals surface area contributed by atoms with Crippen molar-refractivity contribution in [2.45, 2.75) is 6.92 Å². The summed E-state index contributed by atoms with van der Waals surface area (Å²) >= 11 is 0. The van der Waals surface area contributed by atoms with Crippen LogP contribution >= 0.6 is 0 Å². The number of rotatable bonds is 5. The van der Waals surface area contributed by atoms with Gasteiger partial charge < -0.3 is 9.84 Å². The Bertz CT molecular complexity index is 1590. The Labute approximate surface area is 202 Å². The molecular formula is C30H22N2O3. The second-order valence-electron chi connectivity index (χ2n) is 8.18. The third-order valence-electron chi connectivity index (χ3n) is 5.81. The molecule has 0 atom stereocenters. The first kappa shape index (κ1) is 22.0. The van der Waals surface area contributed by atoms with Crippen LogP contribution < -0.4 is 10.9 Å². The van der Waals surface area contributed by atoms with Crippen molar-refractivity contribution in [3.05, 3.63) is 130 Å². The van der Waals surface area contributed by atoms with Gasteiger partial charge in [-0.2, -0.15) is 0 Å². The highest BCUT2D eigenvalue weighted by atomic mass is 16.5. The highest BCUT2D eigenvalue weighted by Gasteiger charge is 2.14. The van der Waals surface area contributed by atoms with Crippen molar-refractivity contribution in [2.24, 2.45) is 0 Å². The van der Waals surface area contributed by atoms with Crippen LogP contribution in [0.3, 0.4) is 0 Å². The predicted octanol–water partition coefficient (Wildman–Crippen LogP) is 6.34. The van der Waals surface area contributed by atoms with Crippen molar-refractivity contribution < 1.29 is 9.32 Å². The molecule has 0 spiro atoms. The lowest BCUT2D eigenvalue weighted by Crippen LogP contribution is -2.14. The van der Waals surface area contributed by atoms with Gasteiger partial charge in [-0.3, -0.25) is 4.79 Å². The van der Waals surface area contributed by atoms with Crippen LogP contribution in [0.1, 0.15) is 16.8 Å². The molecule has 0 radical (unpaired) electrons. The minimum Gasteiger partial charge on any atom is -0.322 e. The fourth-order valence-corrected chi connectivity index (χ4v) is 3.97. The van der Waals surface area contributed by atoms with Crippen LogP contribution in [-0.4, -0.2) is 11.1 Å². The summed E-state index contributed by atoms with van der Waals surface area (Å²) in [6, 6.07) is 32.8. The third-order valence-corrected chi connectivity index (χ3v) is 5.81. The fraction of sp³-hybridized carbons (Fsp3) is 0.0333. The molecule has 1 amide bonds. The number of hydrogen-bond acceptors (Lipinski definition) is 4. The van der Waals surface area contributed by atoms with Crippen LogP contribution in [0.4, 0.5) is 5.69 Å². The molecule has 35 heavy (non-hydrogen) atoms. The summed E-state index contributed by atoms with van der Waals surface area (Å²) in [6.45, 7) is 1.76. The lowest BCUT2D eigenvalue weighted by Gasteiger charge is -2.12. The molecule has 0 fully saturated rings. The Balaban J connectivity index is 1.51. The second kappa shape index (κ2) is 9.61. The van der Waals surface area contributed by atoms with E-state index in [1.54, 1.807) is 25.1 Å². The molecular weight excluding hydrogens is 436 g/mol. The van der Waals surface area contributed by atoms with Crippen molar-refractivity contribution >= 4 is 34.0 Å². The molecule has 0 aliphatic heterocycles. The molecule has 5 heteroatoms. The van der Waals surface area contributed by atoms with Crippen molar-refractivity contribution in [3.8, 4) is 11.1 Å². The summed E-state index contributed by atoms with van der Waals surface area (Å²) in [5.41, 5.74) is 5.06. The Morgan fingerprint density at radius 2 is 1.46 bits per heavy atom. The van der Waals surface area contributed by atoms with Gasteiger partial charge in [-0.05, 0) is 53.5 Å². The van der Waals surface area contributed by atoms with Crippen LogP contribution in [0.15, 0.2) is 112 Å². The first-order chi connectivity index (χ1) is 17.1. The van der Waals surface area contributed by atoms with Crippen molar-refractivity contribution in [2.75, 3.05) is 5.32 Å². The smallest absolute Gasteiger partial charge is 0.322 e. The van der Waals surface area contributed by atoms with Crippen LogP contribution in [-0.2, 0) is 4.79 Å². The lowest BCUT2D eigenvalue weighted by atomic mass is 9.98. The minimum absolute atomic E-state index is 0.255. The maximum absolute atomic E-state index is 13.5.